The summed E-state index contributed by atoms with van der Waals surface area (Å²) in [5.41, 5.74) is 0.671. The summed E-state index contributed by atoms with van der Waals surface area (Å²) in [4.78, 5) is 12.0. The van der Waals surface area contributed by atoms with Crippen molar-refractivity contribution in [1.29, 1.82) is 0 Å². The van der Waals surface area contributed by atoms with E-state index in [9.17, 15) is 4.79 Å². The minimum absolute atomic E-state index is 0.0836. The first-order chi connectivity index (χ1) is 8.56. The molecular weight excluding hydrogens is 294 g/mol. The van der Waals surface area contributed by atoms with E-state index < -0.39 is 0 Å². The fourth-order valence-corrected chi connectivity index (χ4v) is 1.97. The van der Waals surface area contributed by atoms with E-state index in [4.69, 9.17) is 0 Å². The lowest BCUT2D eigenvalue weighted by atomic mass is 10.2. The van der Waals surface area contributed by atoms with Gasteiger partial charge in [-0.15, -0.1) is 0 Å². The number of aromatic nitrogens is 2. The summed E-state index contributed by atoms with van der Waals surface area (Å²) in [6, 6.07) is 0. The fraction of sp³-hybridized carbons (Fsp3) is 0.538. The molecule has 18 heavy (non-hydrogen) atoms. The third-order valence-corrected chi connectivity index (χ3v) is 3.15. The molecule has 1 aromatic rings. The van der Waals surface area contributed by atoms with Crippen molar-refractivity contribution < 1.29 is 0 Å². The summed E-state index contributed by atoms with van der Waals surface area (Å²) < 4.78 is 2.05. The van der Waals surface area contributed by atoms with Gasteiger partial charge in [0.2, 0.25) is 0 Å². The molecule has 0 bridgehead atoms. The van der Waals surface area contributed by atoms with Crippen LogP contribution in [0.15, 0.2) is 27.6 Å². The van der Waals surface area contributed by atoms with E-state index in [1.165, 1.54) is 4.68 Å². The lowest BCUT2D eigenvalue weighted by Gasteiger charge is -2.11. The molecule has 0 amide bonds. The van der Waals surface area contributed by atoms with Crippen molar-refractivity contribution in [1.82, 2.24) is 9.78 Å². The van der Waals surface area contributed by atoms with Crippen LogP contribution in [0.4, 0.5) is 5.69 Å². The number of halogens is 1. The van der Waals surface area contributed by atoms with Crippen LogP contribution in [0.3, 0.4) is 0 Å². The van der Waals surface area contributed by atoms with Gasteiger partial charge < -0.3 is 5.32 Å². The van der Waals surface area contributed by atoms with Crippen molar-refractivity contribution in [2.75, 3.05) is 11.9 Å². The summed E-state index contributed by atoms with van der Waals surface area (Å²) in [5.74, 6) is 0.399. The van der Waals surface area contributed by atoms with E-state index in [0.29, 0.717) is 16.9 Å². The normalized spacial score (nSPS) is 11.4. The lowest BCUT2D eigenvalue weighted by molar-refractivity contribution is 0.462. The molecule has 0 aliphatic carbocycles. The molecule has 1 aromatic heterocycles. The van der Waals surface area contributed by atoms with Crippen LogP contribution in [-0.2, 0) is 6.54 Å². The molecule has 0 saturated carbocycles. The molecule has 0 spiro atoms. The molecule has 5 heteroatoms. The summed E-state index contributed by atoms with van der Waals surface area (Å²) in [7, 11) is 0. The SMILES string of the molecule is C/C=C/CCNc1cnn(CC(C)C)c(=O)c1Br. The molecule has 0 aromatic carbocycles. The maximum atomic E-state index is 12.0. The van der Waals surface area contributed by atoms with Crippen molar-refractivity contribution in [3.05, 3.63) is 33.2 Å². The Hall–Kier alpha value is -1.10. The second kappa shape index (κ2) is 7.36. The number of hydrogen-bond donors (Lipinski definition) is 1. The molecule has 0 radical (unpaired) electrons. The van der Waals surface area contributed by atoms with Gasteiger partial charge in [-0.3, -0.25) is 4.79 Å². The molecule has 0 fully saturated rings. The Morgan fingerprint density at radius 1 is 1.56 bits per heavy atom. The highest BCUT2D eigenvalue weighted by molar-refractivity contribution is 9.10. The highest BCUT2D eigenvalue weighted by Crippen LogP contribution is 2.16. The van der Waals surface area contributed by atoms with Gasteiger partial charge in [0, 0.05) is 13.1 Å². The van der Waals surface area contributed by atoms with E-state index in [1.807, 2.05) is 13.0 Å². The maximum Gasteiger partial charge on any atom is 0.283 e. The highest BCUT2D eigenvalue weighted by Gasteiger charge is 2.09. The zero-order valence-electron chi connectivity index (χ0n) is 11.1. The lowest BCUT2D eigenvalue weighted by Crippen LogP contribution is -2.26. The van der Waals surface area contributed by atoms with Crippen LogP contribution in [0.25, 0.3) is 0 Å². The Morgan fingerprint density at radius 3 is 2.89 bits per heavy atom. The monoisotopic (exact) mass is 313 g/mol. The minimum Gasteiger partial charge on any atom is -0.382 e. The number of allylic oxidation sites excluding steroid dienone is 1. The molecule has 0 aliphatic rings. The van der Waals surface area contributed by atoms with E-state index in [-0.39, 0.29) is 5.56 Å². The predicted molar refractivity (Wildman–Crippen MR) is 79.0 cm³/mol. The smallest absolute Gasteiger partial charge is 0.283 e. The van der Waals surface area contributed by atoms with Gasteiger partial charge >= 0.3 is 0 Å². The molecule has 1 rings (SSSR count). The number of rotatable bonds is 6. The summed E-state index contributed by atoms with van der Waals surface area (Å²) in [5, 5.41) is 7.37. The Balaban J connectivity index is 2.77. The van der Waals surface area contributed by atoms with Gasteiger partial charge in [0.1, 0.15) is 4.47 Å². The van der Waals surface area contributed by atoms with Crippen molar-refractivity contribution in [2.24, 2.45) is 5.92 Å². The van der Waals surface area contributed by atoms with Gasteiger partial charge in [0.15, 0.2) is 0 Å². The molecule has 0 saturated heterocycles. The van der Waals surface area contributed by atoms with E-state index in [2.05, 4.69) is 46.3 Å². The summed E-state index contributed by atoms with van der Waals surface area (Å²) in [6.07, 6.45) is 6.71. The summed E-state index contributed by atoms with van der Waals surface area (Å²) >= 11 is 3.34. The second-order valence-electron chi connectivity index (χ2n) is 4.54. The first kappa shape index (κ1) is 15.0. The molecule has 1 heterocycles. The van der Waals surface area contributed by atoms with Crippen LogP contribution in [0.5, 0.6) is 0 Å². The molecule has 0 atom stereocenters. The number of anilines is 1. The van der Waals surface area contributed by atoms with E-state index in [0.717, 1.165) is 18.7 Å². The third kappa shape index (κ3) is 4.29. The molecule has 1 N–H and O–H groups in total. The standard InChI is InChI=1S/C13H20BrN3O/c1-4-5-6-7-15-11-8-16-17(9-10(2)3)13(18)12(11)14/h4-5,8,10,15H,6-7,9H2,1-3H3/b5-4+. The first-order valence-electron chi connectivity index (χ1n) is 6.17. The number of hydrogen-bond acceptors (Lipinski definition) is 3. The van der Waals surface area contributed by atoms with Crippen LogP contribution < -0.4 is 10.9 Å². The number of nitrogens with zero attached hydrogens (tertiary/aromatic N) is 2. The fourth-order valence-electron chi connectivity index (χ4n) is 1.52. The average Bonchev–Trinajstić information content (AvgIpc) is 2.32. The van der Waals surface area contributed by atoms with Crippen LogP contribution in [0.2, 0.25) is 0 Å². The second-order valence-corrected chi connectivity index (χ2v) is 5.33. The van der Waals surface area contributed by atoms with Crippen LogP contribution in [0.1, 0.15) is 27.2 Å². The quantitative estimate of drug-likeness (QED) is 0.648. The van der Waals surface area contributed by atoms with Crippen LogP contribution >= 0.6 is 15.9 Å². The Labute approximate surface area is 116 Å². The Kier molecular flexibility index (Phi) is 6.12. The van der Waals surface area contributed by atoms with Gasteiger partial charge in [0.25, 0.3) is 5.56 Å². The van der Waals surface area contributed by atoms with Crippen LogP contribution in [-0.4, -0.2) is 16.3 Å². The molecule has 4 nitrogen and oxygen atoms in total. The molecule has 100 valence electrons. The largest absolute Gasteiger partial charge is 0.382 e. The van der Waals surface area contributed by atoms with Crippen molar-refractivity contribution in [2.45, 2.75) is 33.7 Å². The number of nitrogens with one attached hydrogen (secondary N) is 1. The van der Waals surface area contributed by atoms with Gasteiger partial charge in [-0.25, -0.2) is 4.68 Å². The van der Waals surface area contributed by atoms with Crippen molar-refractivity contribution in [3.8, 4) is 0 Å². The third-order valence-electron chi connectivity index (χ3n) is 2.39. The molecule has 0 aliphatic heterocycles. The van der Waals surface area contributed by atoms with Crippen molar-refractivity contribution in [3.63, 3.8) is 0 Å². The topological polar surface area (TPSA) is 46.9 Å². The molecule has 0 unspecified atom stereocenters. The highest BCUT2D eigenvalue weighted by atomic mass is 79.9. The zero-order chi connectivity index (χ0) is 13.5. The van der Waals surface area contributed by atoms with Gasteiger partial charge in [-0.05, 0) is 35.2 Å². The first-order valence-corrected chi connectivity index (χ1v) is 6.96. The van der Waals surface area contributed by atoms with Crippen LogP contribution in [0, 0.1) is 5.92 Å². The predicted octanol–water partition coefficient (Wildman–Crippen LogP) is 3.04. The zero-order valence-corrected chi connectivity index (χ0v) is 12.7. The molecular formula is C13H20BrN3O. The minimum atomic E-state index is -0.0836. The van der Waals surface area contributed by atoms with Gasteiger partial charge in [-0.1, -0.05) is 26.0 Å². The van der Waals surface area contributed by atoms with E-state index in [1.54, 1.807) is 6.20 Å². The van der Waals surface area contributed by atoms with Gasteiger partial charge in [-0.2, -0.15) is 5.10 Å². The summed E-state index contributed by atoms with van der Waals surface area (Å²) in [6.45, 7) is 7.54. The Morgan fingerprint density at radius 2 is 2.28 bits per heavy atom. The van der Waals surface area contributed by atoms with Crippen molar-refractivity contribution >= 4 is 21.6 Å². The van der Waals surface area contributed by atoms with E-state index >= 15 is 0 Å². The van der Waals surface area contributed by atoms with Gasteiger partial charge in [0.05, 0.1) is 11.9 Å². The maximum absolute atomic E-state index is 12.0. The average molecular weight is 314 g/mol. The Bertz CT molecular complexity index is 466.